The van der Waals surface area contributed by atoms with Gasteiger partial charge in [-0.2, -0.15) is 0 Å². The Kier molecular flexibility index (Phi) is 6.30. The lowest BCUT2D eigenvalue weighted by atomic mass is 10.1. The molecule has 0 aromatic heterocycles. The first-order valence-corrected chi connectivity index (χ1v) is 6.61. The van der Waals surface area contributed by atoms with Gasteiger partial charge in [-0.1, -0.05) is 30.7 Å². The molecule has 1 aromatic carbocycles. The Morgan fingerprint density at radius 3 is 2.82 bits per heavy atom. The van der Waals surface area contributed by atoms with Gasteiger partial charge in [-0.15, -0.1) is 0 Å². The molecule has 0 heterocycles. The van der Waals surface area contributed by atoms with E-state index in [1.54, 1.807) is 0 Å². The number of hydrogen-bond acceptors (Lipinski definition) is 2. The van der Waals surface area contributed by atoms with Gasteiger partial charge in [0.25, 0.3) is 0 Å². The van der Waals surface area contributed by atoms with Gasteiger partial charge < -0.3 is 10.5 Å². The minimum absolute atomic E-state index is 0.574. The van der Waals surface area contributed by atoms with E-state index in [-0.39, 0.29) is 0 Å². The summed E-state index contributed by atoms with van der Waals surface area (Å²) in [5.74, 6) is 0.876. The molecule has 0 aliphatic rings. The molecule has 2 nitrogen and oxygen atoms in total. The molecule has 0 saturated carbocycles. The summed E-state index contributed by atoms with van der Waals surface area (Å²) >= 11 is 10.8. The van der Waals surface area contributed by atoms with Crippen molar-refractivity contribution in [3.05, 3.63) is 28.8 Å². The Labute approximate surface area is 113 Å². The average molecular weight is 272 g/mol. The van der Waals surface area contributed by atoms with Crippen molar-refractivity contribution in [3.63, 3.8) is 0 Å². The maximum atomic E-state index is 6.03. The zero-order valence-electron chi connectivity index (χ0n) is 10.0. The van der Waals surface area contributed by atoms with E-state index in [1.165, 1.54) is 0 Å². The number of hydrogen-bond donors (Lipinski definition) is 1. The fraction of sp³-hybridized carbons (Fsp3) is 0.462. The molecule has 0 atom stereocenters. The maximum absolute atomic E-state index is 6.03. The van der Waals surface area contributed by atoms with Crippen LogP contribution >= 0.6 is 23.8 Å². The summed E-state index contributed by atoms with van der Waals surface area (Å²) in [7, 11) is 0. The molecule has 0 spiro atoms. The highest BCUT2D eigenvalue weighted by molar-refractivity contribution is 7.80. The Hall–Kier alpha value is -0.800. The number of unbranched alkanes of at least 4 members (excludes halogenated alkanes) is 1. The highest BCUT2D eigenvalue weighted by Gasteiger charge is 2.01. The van der Waals surface area contributed by atoms with E-state index in [2.05, 4.69) is 6.92 Å². The van der Waals surface area contributed by atoms with Crippen molar-refractivity contribution in [3.8, 4) is 5.75 Å². The van der Waals surface area contributed by atoms with Crippen LogP contribution in [0.1, 0.15) is 31.7 Å². The van der Waals surface area contributed by atoms with Crippen LogP contribution in [0.5, 0.6) is 5.75 Å². The van der Waals surface area contributed by atoms with Gasteiger partial charge in [-0.3, -0.25) is 0 Å². The van der Waals surface area contributed by atoms with Crippen molar-refractivity contribution in [2.75, 3.05) is 6.61 Å². The number of nitrogens with two attached hydrogens (primary N) is 1. The van der Waals surface area contributed by atoms with Gasteiger partial charge in [0, 0.05) is 5.02 Å². The van der Waals surface area contributed by atoms with Crippen LogP contribution in [-0.2, 0) is 6.42 Å². The molecule has 0 amide bonds. The molecule has 17 heavy (non-hydrogen) atoms. The van der Waals surface area contributed by atoms with Crippen molar-refractivity contribution in [2.45, 2.75) is 32.6 Å². The summed E-state index contributed by atoms with van der Waals surface area (Å²) in [5, 5.41) is 0.799. The molecule has 0 unspecified atom stereocenters. The SMILES string of the molecule is CCc1cc(OCCCCC(N)=S)ccc1Cl. The Bertz CT molecular complexity index is 382. The van der Waals surface area contributed by atoms with E-state index in [9.17, 15) is 0 Å². The number of benzene rings is 1. The first kappa shape index (κ1) is 14.3. The van der Waals surface area contributed by atoms with Crippen LogP contribution in [0.25, 0.3) is 0 Å². The third kappa shape index (κ3) is 5.37. The Morgan fingerprint density at radius 1 is 1.41 bits per heavy atom. The minimum atomic E-state index is 0.574. The lowest BCUT2D eigenvalue weighted by molar-refractivity contribution is 0.307. The van der Waals surface area contributed by atoms with Crippen LogP contribution in [0.15, 0.2) is 18.2 Å². The molecule has 1 aromatic rings. The van der Waals surface area contributed by atoms with E-state index in [1.807, 2.05) is 18.2 Å². The molecule has 0 fully saturated rings. The number of thiocarbonyl (C=S) groups is 1. The largest absolute Gasteiger partial charge is 0.494 e. The van der Waals surface area contributed by atoms with Crippen LogP contribution in [0.2, 0.25) is 5.02 Å². The second-order valence-corrected chi connectivity index (χ2v) is 4.81. The third-order valence-corrected chi connectivity index (χ3v) is 3.06. The second kappa shape index (κ2) is 7.51. The third-order valence-electron chi connectivity index (χ3n) is 2.48. The molecule has 2 N–H and O–H groups in total. The van der Waals surface area contributed by atoms with Gasteiger partial charge in [0.05, 0.1) is 11.6 Å². The van der Waals surface area contributed by atoms with Crippen molar-refractivity contribution in [1.29, 1.82) is 0 Å². The zero-order chi connectivity index (χ0) is 12.7. The Morgan fingerprint density at radius 2 is 2.18 bits per heavy atom. The summed E-state index contributed by atoms with van der Waals surface area (Å²) in [6.07, 6.45) is 3.64. The van der Waals surface area contributed by atoms with Crippen molar-refractivity contribution < 1.29 is 4.74 Å². The highest BCUT2D eigenvalue weighted by atomic mass is 35.5. The summed E-state index contributed by atoms with van der Waals surface area (Å²) in [4.78, 5) is 0.574. The van der Waals surface area contributed by atoms with Crippen molar-refractivity contribution in [2.24, 2.45) is 5.73 Å². The summed E-state index contributed by atoms with van der Waals surface area (Å²) in [6.45, 7) is 2.76. The molecular formula is C13H18ClNOS. The van der Waals surface area contributed by atoms with E-state index < -0.39 is 0 Å². The first-order valence-electron chi connectivity index (χ1n) is 5.83. The average Bonchev–Trinajstić information content (AvgIpc) is 2.30. The molecular weight excluding hydrogens is 254 g/mol. The van der Waals surface area contributed by atoms with Gasteiger partial charge in [-0.05, 0) is 49.4 Å². The summed E-state index contributed by atoms with van der Waals surface area (Å²) in [6, 6.07) is 5.77. The molecule has 94 valence electrons. The molecule has 0 radical (unpaired) electrons. The monoisotopic (exact) mass is 271 g/mol. The van der Waals surface area contributed by atoms with Gasteiger partial charge in [0.2, 0.25) is 0 Å². The van der Waals surface area contributed by atoms with Gasteiger partial charge >= 0.3 is 0 Å². The lowest BCUT2D eigenvalue weighted by Crippen LogP contribution is -2.08. The number of aryl methyl sites for hydroxylation is 1. The first-order chi connectivity index (χ1) is 8.13. The normalized spacial score (nSPS) is 10.2. The molecule has 4 heteroatoms. The maximum Gasteiger partial charge on any atom is 0.119 e. The van der Waals surface area contributed by atoms with E-state index in [0.29, 0.717) is 11.6 Å². The molecule has 0 aliphatic carbocycles. The van der Waals surface area contributed by atoms with E-state index in [0.717, 1.165) is 42.0 Å². The lowest BCUT2D eigenvalue weighted by Gasteiger charge is -2.08. The Balaban J connectivity index is 2.34. The summed E-state index contributed by atoms with van der Waals surface area (Å²) in [5.41, 5.74) is 6.53. The standard InChI is InChI=1S/C13H18ClNOS/c1-2-10-9-11(6-7-12(10)14)16-8-4-3-5-13(15)17/h6-7,9H,2-5,8H2,1H3,(H2,15,17). The van der Waals surface area contributed by atoms with Crippen LogP contribution in [-0.4, -0.2) is 11.6 Å². The highest BCUT2D eigenvalue weighted by Crippen LogP contribution is 2.22. The van der Waals surface area contributed by atoms with Crippen molar-refractivity contribution >= 4 is 28.8 Å². The van der Waals surface area contributed by atoms with Crippen LogP contribution < -0.4 is 10.5 Å². The quantitative estimate of drug-likeness (QED) is 0.606. The second-order valence-electron chi connectivity index (χ2n) is 3.88. The van der Waals surface area contributed by atoms with E-state index in [4.69, 9.17) is 34.3 Å². The fourth-order valence-electron chi connectivity index (χ4n) is 1.50. The minimum Gasteiger partial charge on any atom is -0.494 e. The number of rotatable bonds is 7. The van der Waals surface area contributed by atoms with Crippen molar-refractivity contribution in [1.82, 2.24) is 0 Å². The molecule has 1 rings (SSSR count). The fourth-order valence-corrected chi connectivity index (χ4v) is 1.90. The number of halogens is 1. The summed E-state index contributed by atoms with van der Waals surface area (Å²) < 4.78 is 5.64. The topological polar surface area (TPSA) is 35.2 Å². The predicted molar refractivity (Wildman–Crippen MR) is 77.0 cm³/mol. The zero-order valence-corrected chi connectivity index (χ0v) is 11.6. The van der Waals surface area contributed by atoms with Gasteiger partial charge in [0.15, 0.2) is 0 Å². The molecule has 0 saturated heterocycles. The molecule has 0 bridgehead atoms. The van der Waals surface area contributed by atoms with Gasteiger partial charge in [-0.25, -0.2) is 0 Å². The van der Waals surface area contributed by atoms with E-state index >= 15 is 0 Å². The van der Waals surface area contributed by atoms with Crippen LogP contribution in [0, 0.1) is 0 Å². The molecule has 0 aliphatic heterocycles. The van der Waals surface area contributed by atoms with Gasteiger partial charge in [0.1, 0.15) is 5.75 Å². The predicted octanol–water partition coefficient (Wildman–Crippen LogP) is 3.74. The van der Waals surface area contributed by atoms with Crippen LogP contribution in [0.3, 0.4) is 0 Å². The van der Waals surface area contributed by atoms with Crippen LogP contribution in [0.4, 0.5) is 0 Å². The smallest absolute Gasteiger partial charge is 0.119 e. The number of ether oxygens (including phenoxy) is 1.